The Morgan fingerprint density at radius 1 is 1.17 bits per heavy atom. The van der Waals surface area contributed by atoms with E-state index in [1.54, 1.807) is 31.2 Å². The first-order valence-corrected chi connectivity index (χ1v) is 9.73. The number of aryl methyl sites for hydroxylation is 2. The number of benzene rings is 1. The molecule has 0 saturated heterocycles. The van der Waals surface area contributed by atoms with Crippen molar-refractivity contribution in [3.05, 3.63) is 81.9 Å². The number of pyridine rings is 1. The summed E-state index contributed by atoms with van der Waals surface area (Å²) >= 11 is 0. The molecule has 1 aromatic carbocycles. The lowest BCUT2D eigenvalue weighted by molar-refractivity contribution is 0.0696. The summed E-state index contributed by atoms with van der Waals surface area (Å²) < 4.78 is 15.4. The summed E-state index contributed by atoms with van der Waals surface area (Å²) in [6.45, 7) is 3.45. The molecule has 0 spiro atoms. The molecule has 29 heavy (non-hydrogen) atoms. The summed E-state index contributed by atoms with van der Waals surface area (Å²) in [4.78, 5) is 20.5. The molecule has 0 saturated carbocycles. The van der Waals surface area contributed by atoms with Gasteiger partial charge in [-0.25, -0.2) is 14.2 Å². The second-order valence-corrected chi connectivity index (χ2v) is 7.38. The van der Waals surface area contributed by atoms with E-state index in [0.29, 0.717) is 31.0 Å². The average Bonchev–Trinajstić information content (AvgIpc) is 3.26. The highest BCUT2D eigenvalue weighted by molar-refractivity contribution is 5.87. The lowest BCUT2D eigenvalue weighted by Crippen LogP contribution is -2.19. The van der Waals surface area contributed by atoms with Crippen molar-refractivity contribution in [1.82, 2.24) is 19.9 Å². The van der Waals surface area contributed by atoms with Gasteiger partial charge in [0, 0.05) is 24.5 Å². The summed E-state index contributed by atoms with van der Waals surface area (Å²) in [5.41, 5.74) is 5.04. The van der Waals surface area contributed by atoms with E-state index in [2.05, 4.69) is 14.9 Å². The van der Waals surface area contributed by atoms with Crippen molar-refractivity contribution in [3.8, 4) is 0 Å². The molecule has 3 aromatic rings. The van der Waals surface area contributed by atoms with Crippen molar-refractivity contribution in [1.29, 1.82) is 0 Å². The molecule has 7 heteroatoms. The van der Waals surface area contributed by atoms with Gasteiger partial charge in [-0.1, -0.05) is 12.1 Å². The van der Waals surface area contributed by atoms with Crippen LogP contribution in [0.25, 0.3) is 0 Å². The Morgan fingerprint density at radius 2 is 1.97 bits per heavy atom. The molecule has 6 nitrogen and oxygen atoms in total. The lowest BCUT2D eigenvalue weighted by Gasteiger charge is -2.12. The quantitative estimate of drug-likeness (QED) is 0.643. The Bertz CT molecular complexity index is 1040. The summed E-state index contributed by atoms with van der Waals surface area (Å²) in [7, 11) is 0. The van der Waals surface area contributed by atoms with Crippen LogP contribution < -0.4 is 5.32 Å². The van der Waals surface area contributed by atoms with Crippen molar-refractivity contribution in [3.63, 3.8) is 0 Å². The van der Waals surface area contributed by atoms with Gasteiger partial charge in [0.05, 0.1) is 23.5 Å². The molecule has 0 atom stereocenters. The molecule has 1 aliphatic carbocycles. The SMILES string of the molecule is Cc1cc(C(=O)O)cc(CNCc2nc3c(n2Cc2ccc(F)cc2)CCC3)n1. The zero-order chi connectivity index (χ0) is 20.4. The third-order valence-electron chi connectivity index (χ3n) is 5.16. The van der Waals surface area contributed by atoms with Gasteiger partial charge in [0.1, 0.15) is 11.6 Å². The maximum Gasteiger partial charge on any atom is 0.335 e. The van der Waals surface area contributed by atoms with Crippen LogP contribution in [0.1, 0.15) is 50.9 Å². The number of aromatic nitrogens is 3. The van der Waals surface area contributed by atoms with Crippen LogP contribution in [-0.4, -0.2) is 25.6 Å². The number of nitrogens with one attached hydrogen (secondary N) is 1. The van der Waals surface area contributed by atoms with E-state index in [9.17, 15) is 14.3 Å². The molecule has 1 aliphatic rings. The van der Waals surface area contributed by atoms with E-state index < -0.39 is 5.97 Å². The molecule has 0 unspecified atom stereocenters. The van der Waals surface area contributed by atoms with E-state index in [1.807, 2.05) is 0 Å². The van der Waals surface area contributed by atoms with E-state index in [1.165, 1.54) is 17.8 Å². The predicted molar refractivity (Wildman–Crippen MR) is 106 cm³/mol. The number of nitrogens with zero attached hydrogens (tertiary/aromatic N) is 3. The monoisotopic (exact) mass is 394 g/mol. The fourth-order valence-corrected chi connectivity index (χ4v) is 3.84. The molecule has 150 valence electrons. The van der Waals surface area contributed by atoms with E-state index in [4.69, 9.17) is 4.98 Å². The Kier molecular flexibility index (Phi) is 5.40. The van der Waals surface area contributed by atoms with E-state index in [-0.39, 0.29) is 11.4 Å². The van der Waals surface area contributed by atoms with E-state index in [0.717, 1.165) is 36.3 Å². The fourth-order valence-electron chi connectivity index (χ4n) is 3.84. The van der Waals surface area contributed by atoms with Crippen LogP contribution in [-0.2, 0) is 32.5 Å². The zero-order valence-corrected chi connectivity index (χ0v) is 16.3. The molecule has 2 aromatic heterocycles. The molecule has 0 bridgehead atoms. The van der Waals surface area contributed by atoms with Crippen molar-refractivity contribution in [2.45, 2.75) is 45.8 Å². The highest BCUT2D eigenvalue weighted by atomic mass is 19.1. The minimum Gasteiger partial charge on any atom is -0.478 e. The Labute approximate surface area is 168 Å². The van der Waals surface area contributed by atoms with Crippen molar-refractivity contribution < 1.29 is 14.3 Å². The smallest absolute Gasteiger partial charge is 0.335 e. The van der Waals surface area contributed by atoms with Gasteiger partial charge in [0.2, 0.25) is 0 Å². The van der Waals surface area contributed by atoms with Crippen LogP contribution in [0, 0.1) is 12.7 Å². The minimum absolute atomic E-state index is 0.238. The average molecular weight is 394 g/mol. The number of carboxylic acids is 1. The number of carboxylic acid groups (broad SMARTS) is 1. The molecule has 0 amide bonds. The maximum atomic E-state index is 13.2. The Hall–Kier alpha value is -3.06. The number of imidazole rings is 1. The van der Waals surface area contributed by atoms with Gasteiger partial charge in [0.15, 0.2) is 0 Å². The van der Waals surface area contributed by atoms with Crippen molar-refractivity contribution in [2.24, 2.45) is 0 Å². The maximum absolute atomic E-state index is 13.2. The first kappa shape index (κ1) is 19.3. The van der Waals surface area contributed by atoms with Crippen molar-refractivity contribution >= 4 is 5.97 Å². The standard InChI is InChI=1S/C22H23FN4O2/c1-14-9-16(22(28)29)10-18(25-14)11-24-12-21-26-19-3-2-4-20(19)27(21)13-15-5-7-17(23)8-6-15/h5-10,24H,2-4,11-13H2,1H3,(H,28,29). The largest absolute Gasteiger partial charge is 0.478 e. The molecule has 0 fully saturated rings. The second kappa shape index (κ2) is 8.13. The molecule has 4 rings (SSSR count). The zero-order valence-electron chi connectivity index (χ0n) is 16.3. The first-order chi connectivity index (χ1) is 14.0. The van der Waals surface area contributed by atoms with Crippen LogP contribution in [0.2, 0.25) is 0 Å². The molecule has 0 aliphatic heterocycles. The number of hydrogen-bond acceptors (Lipinski definition) is 4. The van der Waals surface area contributed by atoms with Crippen LogP contribution in [0.3, 0.4) is 0 Å². The molecule has 2 heterocycles. The van der Waals surface area contributed by atoms with Gasteiger partial charge in [-0.15, -0.1) is 0 Å². The Balaban J connectivity index is 1.49. The van der Waals surface area contributed by atoms with Crippen LogP contribution in [0.4, 0.5) is 4.39 Å². The van der Waals surface area contributed by atoms with Gasteiger partial charge in [-0.05, 0) is 56.0 Å². The first-order valence-electron chi connectivity index (χ1n) is 9.73. The third-order valence-corrected chi connectivity index (χ3v) is 5.16. The molecule has 0 radical (unpaired) electrons. The van der Waals surface area contributed by atoms with Crippen LogP contribution in [0.5, 0.6) is 0 Å². The highest BCUT2D eigenvalue weighted by Crippen LogP contribution is 2.24. The predicted octanol–water partition coefficient (Wildman–Crippen LogP) is 3.25. The second-order valence-electron chi connectivity index (χ2n) is 7.38. The molecular formula is C22H23FN4O2. The topological polar surface area (TPSA) is 80.0 Å². The minimum atomic E-state index is -0.956. The van der Waals surface area contributed by atoms with Crippen LogP contribution >= 0.6 is 0 Å². The summed E-state index contributed by atoms with van der Waals surface area (Å²) in [5.74, 6) is -0.258. The summed E-state index contributed by atoms with van der Waals surface area (Å²) in [6, 6.07) is 9.72. The van der Waals surface area contributed by atoms with Gasteiger partial charge in [0.25, 0.3) is 0 Å². The number of hydrogen-bond donors (Lipinski definition) is 2. The third kappa shape index (κ3) is 4.35. The fraction of sp³-hybridized carbons (Fsp3) is 0.318. The number of halogens is 1. The number of rotatable bonds is 7. The summed E-state index contributed by atoms with van der Waals surface area (Å²) in [5, 5.41) is 12.5. The van der Waals surface area contributed by atoms with Gasteiger partial charge in [-0.3, -0.25) is 4.98 Å². The van der Waals surface area contributed by atoms with Gasteiger partial charge >= 0.3 is 5.97 Å². The normalized spacial score (nSPS) is 12.9. The van der Waals surface area contributed by atoms with Gasteiger partial charge < -0.3 is 15.0 Å². The summed E-state index contributed by atoms with van der Waals surface area (Å²) in [6.07, 6.45) is 3.10. The number of carbonyl (C=O) groups is 1. The van der Waals surface area contributed by atoms with Crippen LogP contribution in [0.15, 0.2) is 36.4 Å². The van der Waals surface area contributed by atoms with E-state index >= 15 is 0 Å². The Morgan fingerprint density at radius 3 is 2.72 bits per heavy atom. The molecule has 2 N–H and O–H groups in total. The number of aromatic carboxylic acids is 1. The number of fused-ring (bicyclic) bond motifs is 1. The van der Waals surface area contributed by atoms with Gasteiger partial charge in [-0.2, -0.15) is 0 Å². The highest BCUT2D eigenvalue weighted by Gasteiger charge is 2.21. The van der Waals surface area contributed by atoms with Crippen molar-refractivity contribution in [2.75, 3.05) is 0 Å². The molecular weight excluding hydrogens is 371 g/mol. The lowest BCUT2D eigenvalue weighted by atomic mass is 10.2.